The summed E-state index contributed by atoms with van der Waals surface area (Å²) in [6.45, 7) is 8.65. The molecule has 0 saturated carbocycles. The van der Waals surface area contributed by atoms with Crippen molar-refractivity contribution < 1.29 is 14.4 Å². The zero-order valence-electron chi connectivity index (χ0n) is 14.6. The summed E-state index contributed by atoms with van der Waals surface area (Å²) in [5, 5.41) is 8.30. The van der Waals surface area contributed by atoms with E-state index in [4.69, 9.17) is 0 Å². The Morgan fingerprint density at radius 2 is 1.30 bits per heavy atom. The largest absolute Gasteiger partial charge is 0.356 e. The van der Waals surface area contributed by atoms with E-state index in [1.807, 2.05) is 13.8 Å². The standard InChI is InChI=1S/2C6H11NO.C5H9NO/c1-5-2-3-7-6(8)4-5;1-5-3-2-4-7-6(5)8;1-4-2-3-6-5(4)7/h2*5H,2-4H2,1H3,(H,7,8);4H,2-3H2,1H3,(H,6,7). The Bertz CT molecular complexity index is 412. The van der Waals surface area contributed by atoms with Gasteiger partial charge in [0.25, 0.3) is 0 Å². The molecule has 0 radical (unpaired) electrons. The fourth-order valence-electron chi connectivity index (χ4n) is 2.59. The van der Waals surface area contributed by atoms with E-state index >= 15 is 0 Å². The number of nitrogens with one attached hydrogen (secondary N) is 3. The Kier molecular flexibility index (Phi) is 8.66. The summed E-state index contributed by atoms with van der Waals surface area (Å²) in [7, 11) is 0. The van der Waals surface area contributed by atoms with Crippen LogP contribution in [0, 0.1) is 17.8 Å². The molecule has 3 heterocycles. The van der Waals surface area contributed by atoms with Gasteiger partial charge in [-0.25, -0.2) is 0 Å². The van der Waals surface area contributed by atoms with Gasteiger partial charge in [0.1, 0.15) is 0 Å². The lowest BCUT2D eigenvalue weighted by atomic mass is 10.0. The number of rotatable bonds is 0. The van der Waals surface area contributed by atoms with E-state index in [0.29, 0.717) is 5.92 Å². The summed E-state index contributed by atoms with van der Waals surface area (Å²) < 4.78 is 0. The zero-order chi connectivity index (χ0) is 17.2. The molecule has 3 atom stereocenters. The quantitative estimate of drug-likeness (QED) is 0.625. The first kappa shape index (κ1) is 19.5. The van der Waals surface area contributed by atoms with Crippen molar-refractivity contribution in [2.24, 2.45) is 17.8 Å². The van der Waals surface area contributed by atoms with Gasteiger partial charge in [-0.2, -0.15) is 0 Å². The molecule has 3 unspecified atom stereocenters. The van der Waals surface area contributed by atoms with Gasteiger partial charge in [-0.15, -0.1) is 0 Å². The van der Waals surface area contributed by atoms with E-state index < -0.39 is 0 Å². The van der Waals surface area contributed by atoms with E-state index in [-0.39, 0.29) is 29.6 Å². The average molecular weight is 325 g/mol. The molecule has 0 spiro atoms. The van der Waals surface area contributed by atoms with Gasteiger partial charge in [-0.1, -0.05) is 20.8 Å². The lowest BCUT2D eigenvalue weighted by molar-refractivity contribution is -0.126. The molecule has 0 aromatic heterocycles. The number of carbonyl (C=O) groups is 3. The molecule has 6 nitrogen and oxygen atoms in total. The highest BCUT2D eigenvalue weighted by Crippen LogP contribution is 2.09. The van der Waals surface area contributed by atoms with E-state index in [9.17, 15) is 14.4 Å². The van der Waals surface area contributed by atoms with Crippen LogP contribution in [-0.2, 0) is 14.4 Å². The fourth-order valence-corrected chi connectivity index (χ4v) is 2.59. The van der Waals surface area contributed by atoms with Crippen LogP contribution in [0.2, 0.25) is 0 Å². The van der Waals surface area contributed by atoms with Gasteiger partial charge in [-0.05, 0) is 31.6 Å². The number of amides is 3. The molecule has 0 aliphatic carbocycles. The van der Waals surface area contributed by atoms with Crippen molar-refractivity contribution in [1.29, 1.82) is 0 Å². The van der Waals surface area contributed by atoms with Crippen LogP contribution in [0.1, 0.15) is 52.9 Å². The molecule has 3 aliphatic rings. The van der Waals surface area contributed by atoms with Gasteiger partial charge in [0, 0.05) is 37.9 Å². The second kappa shape index (κ2) is 10.2. The molecule has 0 aromatic carbocycles. The van der Waals surface area contributed by atoms with Gasteiger partial charge < -0.3 is 16.0 Å². The first-order valence-corrected chi connectivity index (χ1v) is 8.72. The van der Waals surface area contributed by atoms with E-state index in [2.05, 4.69) is 22.9 Å². The minimum absolute atomic E-state index is 0.208. The van der Waals surface area contributed by atoms with Crippen LogP contribution < -0.4 is 16.0 Å². The Hall–Kier alpha value is -1.59. The van der Waals surface area contributed by atoms with Crippen LogP contribution in [0.3, 0.4) is 0 Å². The SMILES string of the molecule is CC1CCCNC1=O.CC1CCNC(=O)C1.CC1CCNC1=O. The summed E-state index contributed by atoms with van der Waals surface area (Å²) in [6, 6.07) is 0. The van der Waals surface area contributed by atoms with Gasteiger partial charge in [-0.3, -0.25) is 14.4 Å². The Morgan fingerprint density at radius 3 is 1.61 bits per heavy atom. The van der Waals surface area contributed by atoms with Gasteiger partial charge in [0.2, 0.25) is 17.7 Å². The predicted octanol–water partition coefficient (Wildman–Crippen LogP) is 1.21. The molecule has 3 aliphatic heterocycles. The summed E-state index contributed by atoms with van der Waals surface area (Å²) >= 11 is 0. The van der Waals surface area contributed by atoms with Gasteiger partial charge >= 0.3 is 0 Å². The van der Waals surface area contributed by atoms with Crippen molar-refractivity contribution in [1.82, 2.24) is 16.0 Å². The second-order valence-corrected chi connectivity index (χ2v) is 6.76. The highest BCUT2D eigenvalue weighted by molar-refractivity contribution is 5.80. The van der Waals surface area contributed by atoms with E-state index in [0.717, 1.165) is 51.7 Å². The third-order valence-electron chi connectivity index (χ3n) is 4.38. The van der Waals surface area contributed by atoms with Crippen molar-refractivity contribution in [2.75, 3.05) is 19.6 Å². The normalized spacial score (nSPS) is 29.9. The van der Waals surface area contributed by atoms with Crippen LogP contribution in [0.5, 0.6) is 0 Å². The Balaban J connectivity index is 0.000000173. The van der Waals surface area contributed by atoms with Crippen LogP contribution in [-0.4, -0.2) is 37.4 Å². The van der Waals surface area contributed by atoms with Crippen molar-refractivity contribution in [3.63, 3.8) is 0 Å². The molecule has 0 bridgehead atoms. The Labute approximate surface area is 139 Å². The monoisotopic (exact) mass is 325 g/mol. The van der Waals surface area contributed by atoms with Gasteiger partial charge in [0.05, 0.1) is 0 Å². The lowest BCUT2D eigenvalue weighted by Crippen LogP contribution is -2.34. The number of hydrogen-bond acceptors (Lipinski definition) is 3. The molecular formula is C17H31N3O3. The molecule has 23 heavy (non-hydrogen) atoms. The van der Waals surface area contributed by atoms with Crippen LogP contribution in [0.25, 0.3) is 0 Å². The minimum atomic E-state index is 0.208. The van der Waals surface area contributed by atoms with Crippen molar-refractivity contribution >= 4 is 17.7 Å². The molecule has 3 rings (SSSR count). The average Bonchev–Trinajstić information content (AvgIpc) is 2.87. The predicted molar refractivity (Wildman–Crippen MR) is 89.6 cm³/mol. The second-order valence-electron chi connectivity index (χ2n) is 6.76. The Morgan fingerprint density at radius 1 is 0.739 bits per heavy atom. The van der Waals surface area contributed by atoms with Crippen molar-refractivity contribution in [2.45, 2.75) is 52.9 Å². The third kappa shape index (κ3) is 8.00. The maximum Gasteiger partial charge on any atom is 0.222 e. The number of hydrogen-bond donors (Lipinski definition) is 3. The number of carbonyl (C=O) groups excluding carboxylic acids is 3. The van der Waals surface area contributed by atoms with Crippen molar-refractivity contribution in [3.05, 3.63) is 0 Å². The smallest absolute Gasteiger partial charge is 0.222 e. The molecule has 3 N–H and O–H groups in total. The third-order valence-corrected chi connectivity index (χ3v) is 4.38. The first-order chi connectivity index (χ1) is 10.9. The fraction of sp³-hybridized carbons (Fsp3) is 0.824. The maximum atomic E-state index is 10.7. The van der Waals surface area contributed by atoms with Crippen molar-refractivity contribution in [3.8, 4) is 0 Å². The first-order valence-electron chi connectivity index (χ1n) is 8.72. The van der Waals surface area contributed by atoms with E-state index in [1.54, 1.807) is 0 Å². The molecule has 3 amide bonds. The van der Waals surface area contributed by atoms with Crippen LogP contribution in [0.15, 0.2) is 0 Å². The van der Waals surface area contributed by atoms with Gasteiger partial charge in [0.15, 0.2) is 0 Å². The topological polar surface area (TPSA) is 87.3 Å². The molecular weight excluding hydrogens is 294 g/mol. The van der Waals surface area contributed by atoms with Crippen LogP contribution >= 0.6 is 0 Å². The molecule has 132 valence electrons. The molecule has 3 fully saturated rings. The summed E-state index contributed by atoms with van der Waals surface area (Å²) in [4.78, 5) is 31.7. The van der Waals surface area contributed by atoms with E-state index in [1.165, 1.54) is 0 Å². The molecule has 0 aromatic rings. The highest BCUT2D eigenvalue weighted by Gasteiger charge is 2.17. The summed E-state index contributed by atoms with van der Waals surface area (Å²) in [5.41, 5.74) is 0. The zero-order valence-corrected chi connectivity index (χ0v) is 14.6. The molecule has 3 saturated heterocycles. The van der Waals surface area contributed by atoms with Crippen LogP contribution in [0.4, 0.5) is 0 Å². The maximum absolute atomic E-state index is 10.7. The summed E-state index contributed by atoms with van der Waals surface area (Å²) in [6.07, 6.45) is 5.09. The minimum Gasteiger partial charge on any atom is -0.356 e. The molecule has 6 heteroatoms. The highest BCUT2D eigenvalue weighted by atomic mass is 16.2. The lowest BCUT2D eigenvalue weighted by Gasteiger charge is -2.16. The number of piperidine rings is 2. The summed E-state index contributed by atoms with van der Waals surface area (Å²) in [5.74, 6) is 1.76.